The van der Waals surface area contributed by atoms with Crippen LogP contribution in [0.25, 0.3) is 10.4 Å². The third-order valence-corrected chi connectivity index (χ3v) is 11.1. The lowest BCUT2D eigenvalue weighted by Gasteiger charge is -2.35. The zero-order valence-electron chi connectivity index (χ0n) is 22.1. The number of carbonyl (C=O) groups excluding carboxylic acids is 1. The van der Waals surface area contributed by atoms with E-state index in [1.807, 2.05) is 48.5 Å². The van der Waals surface area contributed by atoms with E-state index in [-0.39, 0.29) is 18.8 Å². The van der Waals surface area contributed by atoms with Gasteiger partial charge in [0, 0.05) is 9.75 Å². The molecule has 0 amide bonds. The molecule has 0 unspecified atom stereocenters. The first-order chi connectivity index (χ1) is 18.4. The number of hydrogen-bond acceptors (Lipinski definition) is 7. The second-order valence-corrected chi connectivity index (χ2v) is 13.2. The van der Waals surface area contributed by atoms with Crippen molar-refractivity contribution in [2.45, 2.75) is 63.2 Å². The smallest absolute Gasteiger partial charge is 0.308 e. The Bertz CT molecular complexity index is 1300. The largest absolute Gasteiger partial charge is 0.497 e. The van der Waals surface area contributed by atoms with E-state index in [1.165, 1.54) is 11.3 Å². The number of benzene rings is 2. The van der Waals surface area contributed by atoms with E-state index in [0.29, 0.717) is 24.3 Å². The molecular formula is C30H36O6S2. The molecule has 0 bridgehead atoms. The molecule has 0 radical (unpaired) electrons. The van der Waals surface area contributed by atoms with Crippen LogP contribution >= 0.6 is 11.3 Å². The fourth-order valence-corrected chi connectivity index (χ4v) is 8.55. The minimum atomic E-state index is -3.54. The molecular weight excluding hydrogens is 520 g/mol. The van der Waals surface area contributed by atoms with Crippen LogP contribution in [0.3, 0.4) is 0 Å². The van der Waals surface area contributed by atoms with Gasteiger partial charge in [-0.3, -0.25) is 4.79 Å². The van der Waals surface area contributed by atoms with Crippen molar-refractivity contribution in [1.29, 1.82) is 0 Å². The molecule has 1 atom stereocenters. The number of esters is 1. The molecule has 1 aliphatic heterocycles. The first-order valence-electron chi connectivity index (χ1n) is 13.2. The molecule has 8 heteroatoms. The van der Waals surface area contributed by atoms with Gasteiger partial charge in [0.25, 0.3) is 0 Å². The van der Waals surface area contributed by atoms with Crippen molar-refractivity contribution in [1.82, 2.24) is 0 Å². The summed E-state index contributed by atoms with van der Waals surface area (Å²) in [6, 6.07) is 19.0. The Hall–Kier alpha value is -2.84. The van der Waals surface area contributed by atoms with E-state index in [2.05, 4.69) is 6.92 Å². The molecule has 2 aromatic carbocycles. The Morgan fingerprint density at radius 3 is 2.37 bits per heavy atom. The topological polar surface area (TPSA) is 78.9 Å². The van der Waals surface area contributed by atoms with Crippen LogP contribution in [-0.4, -0.2) is 33.9 Å². The van der Waals surface area contributed by atoms with Gasteiger partial charge in [-0.05, 0) is 78.9 Å². The number of sulfone groups is 1. The van der Waals surface area contributed by atoms with Crippen LogP contribution in [-0.2, 0) is 30.7 Å². The van der Waals surface area contributed by atoms with E-state index in [1.54, 1.807) is 19.2 Å². The van der Waals surface area contributed by atoms with E-state index in [4.69, 9.17) is 14.2 Å². The lowest BCUT2D eigenvalue weighted by molar-refractivity contribution is -0.145. The molecule has 1 fully saturated rings. The van der Waals surface area contributed by atoms with Crippen LogP contribution in [0.5, 0.6) is 11.5 Å². The maximum absolute atomic E-state index is 13.5. The SMILES string of the molecule is CCCCCOc1ccc(-c2ccc([C@@]3(CC(=O)OCc4ccc(OC)cc4)CCCCS3(=O)=O)s2)cc1. The lowest BCUT2D eigenvalue weighted by atomic mass is 9.95. The summed E-state index contributed by atoms with van der Waals surface area (Å²) in [7, 11) is -1.95. The van der Waals surface area contributed by atoms with Gasteiger partial charge in [-0.15, -0.1) is 11.3 Å². The molecule has 3 aromatic rings. The fraction of sp³-hybridized carbons (Fsp3) is 0.433. The minimum absolute atomic E-state index is 0.0794. The maximum atomic E-state index is 13.5. The number of thiophene rings is 1. The van der Waals surface area contributed by atoms with Gasteiger partial charge in [-0.25, -0.2) is 8.42 Å². The molecule has 0 spiro atoms. The van der Waals surface area contributed by atoms with Crippen LogP contribution in [0.2, 0.25) is 0 Å². The number of methoxy groups -OCH3 is 1. The summed E-state index contributed by atoms with van der Waals surface area (Å²) in [6.07, 6.45) is 4.93. The molecule has 1 saturated heterocycles. The summed E-state index contributed by atoms with van der Waals surface area (Å²) in [5.74, 6) is 1.11. The van der Waals surface area contributed by atoms with E-state index in [0.717, 1.165) is 53.2 Å². The number of carbonyl (C=O) groups is 1. The standard InChI is InChI=1S/C30H36O6S2/c1-3-4-6-19-35-26-14-10-24(11-15-26)27-16-17-28(37-27)30(18-5-7-20-38(30,32)33)21-29(31)36-22-23-8-12-25(34-2)13-9-23/h8-17H,3-7,18-22H2,1-2H3/t30-/m0/s1. The highest BCUT2D eigenvalue weighted by Gasteiger charge is 2.49. The molecule has 4 rings (SSSR count). The van der Waals surface area contributed by atoms with Crippen LogP contribution in [0, 0.1) is 0 Å². The van der Waals surface area contributed by atoms with Gasteiger partial charge in [0.05, 0.1) is 25.9 Å². The predicted molar refractivity (Wildman–Crippen MR) is 151 cm³/mol. The number of ether oxygens (including phenoxy) is 3. The summed E-state index contributed by atoms with van der Waals surface area (Å²) in [5, 5.41) is 0. The van der Waals surface area contributed by atoms with Crippen molar-refractivity contribution >= 4 is 27.1 Å². The van der Waals surface area contributed by atoms with E-state index < -0.39 is 20.6 Å². The van der Waals surface area contributed by atoms with Gasteiger partial charge < -0.3 is 14.2 Å². The van der Waals surface area contributed by atoms with Crippen molar-refractivity contribution in [3.05, 3.63) is 71.1 Å². The van der Waals surface area contributed by atoms with Crippen LogP contribution in [0.15, 0.2) is 60.7 Å². The average molecular weight is 557 g/mol. The van der Waals surface area contributed by atoms with Crippen molar-refractivity contribution < 1.29 is 27.4 Å². The van der Waals surface area contributed by atoms with Gasteiger partial charge in [0.2, 0.25) is 0 Å². The molecule has 1 aromatic heterocycles. The van der Waals surface area contributed by atoms with Gasteiger partial charge >= 0.3 is 5.97 Å². The van der Waals surface area contributed by atoms with Gasteiger partial charge in [0.15, 0.2) is 9.84 Å². The highest BCUT2D eigenvalue weighted by atomic mass is 32.2. The van der Waals surface area contributed by atoms with E-state index in [9.17, 15) is 13.2 Å². The number of hydrogen-bond donors (Lipinski definition) is 0. The minimum Gasteiger partial charge on any atom is -0.497 e. The van der Waals surface area contributed by atoms with Crippen LogP contribution in [0.4, 0.5) is 0 Å². The molecule has 204 valence electrons. The van der Waals surface area contributed by atoms with E-state index >= 15 is 0 Å². The third-order valence-electron chi connectivity index (χ3n) is 7.04. The second kappa shape index (κ2) is 12.8. The Morgan fingerprint density at radius 1 is 0.947 bits per heavy atom. The maximum Gasteiger partial charge on any atom is 0.308 e. The monoisotopic (exact) mass is 556 g/mol. The first kappa shape index (κ1) is 28.2. The van der Waals surface area contributed by atoms with Crippen LogP contribution < -0.4 is 9.47 Å². The van der Waals surface area contributed by atoms with Gasteiger partial charge in [-0.2, -0.15) is 0 Å². The number of unbranched alkanes of at least 4 members (excludes halogenated alkanes) is 2. The van der Waals surface area contributed by atoms with Gasteiger partial charge in [-0.1, -0.05) is 38.3 Å². The Morgan fingerprint density at radius 2 is 1.68 bits per heavy atom. The molecule has 0 aliphatic carbocycles. The third kappa shape index (κ3) is 6.59. The summed E-state index contributed by atoms with van der Waals surface area (Å²) in [4.78, 5) is 14.7. The molecule has 2 heterocycles. The van der Waals surface area contributed by atoms with Crippen molar-refractivity contribution in [3.8, 4) is 21.9 Å². The predicted octanol–water partition coefficient (Wildman–Crippen LogP) is 6.92. The molecule has 1 aliphatic rings. The normalized spacial score (nSPS) is 18.6. The molecule has 0 saturated carbocycles. The fourth-order valence-electron chi connectivity index (χ4n) is 4.78. The van der Waals surface area contributed by atoms with Crippen molar-refractivity contribution in [2.75, 3.05) is 19.5 Å². The lowest BCUT2D eigenvalue weighted by Crippen LogP contribution is -2.42. The Labute approximate surface area is 229 Å². The zero-order valence-corrected chi connectivity index (χ0v) is 23.7. The summed E-state index contributed by atoms with van der Waals surface area (Å²) in [5.41, 5.74) is 1.81. The van der Waals surface area contributed by atoms with Crippen molar-refractivity contribution in [2.24, 2.45) is 0 Å². The Kier molecular flexibility index (Phi) is 9.49. The Balaban J connectivity index is 1.49. The van der Waals surface area contributed by atoms with Gasteiger partial charge in [0.1, 0.15) is 22.9 Å². The molecule has 0 N–H and O–H groups in total. The summed E-state index contributed by atoms with van der Waals surface area (Å²) >= 11 is 1.44. The quantitative estimate of drug-likeness (QED) is 0.178. The molecule has 38 heavy (non-hydrogen) atoms. The van der Waals surface area contributed by atoms with Crippen LogP contribution in [0.1, 0.15) is 62.3 Å². The second-order valence-electron chi connectivity index (χ2n) is 9.70. The summed E-state index contributed by atoms with van der Waals surface area (Å²) in [6.45, 7) is 2.95. The average Bonchev–Trinajstić information content (AvgIpc) is 3.43. The van der Waals surface area contributed by atoms with Crippen molar-refractivity contribution in [3.63, 3.8) is 0 Å². The summed E-state index contributed by atoms with van der Waals surface area (Å²) < 4.78 is 42.3. The zero-order chi connectivity index (χ0) is 27.0. The first-order valence-corrected chi connectivity index (χ1v) is 15.7. The number of rotatable bonds is 12. The molecule has 6 nitrogen and oxygen atoms in total. The highest BCUT2D eigenvalue weighted by Crippen LogP contribution is 2.47. The highest BCUT2D eigenvalue weighted by molar-refractivity contribution is 7.92.